The van der Waals surface area contributed by atoms with Crippen LogP contribution in [0.2, 0.25) is 0 Å². The van der Waals surface area contributed by atoms with Crippen molar-refractivity contribution in [3.05, 3.63) is 17.0 Å². The van der Waals surface area contributed by atoms with Gasteiger partial charge in [0.2, 0.25) is 0 Å². The molecule has 2 atom stereocenters. The number of aliphatic hydroxyl groups excluding tert-OH is 1. The van der Waals surface area contributed by atoms with Crippen LogP contribution in [0.1, 0.15) is 49.2 Å². The average molecular weight is 280 g/mol. The first-order valence-electron chi connectivity index (χ1n) is 6.35. The van der Waals surface area contributed by atoms with Crippen LogP contribution in [-0.4, -0.2) is 21.1 Å². The average Bonchev–Trinajstić information content (AvgIpc) is 2.70. The molecule has 0 spiro atoms. The minimum absolute atomic E-state index is 0.0310. The molecule has 0 fully saturated rings. The van der Waals surface area contributed by atoms with Crippen molar-refractivity contribution in [1.82, 2.24) is 9.78 Å². The van der Waals surface area contributed by atoms with Gasteiger partial charge in [-0.15, -0.1) is 0 Å². The van der Waals surface area contributed by atoms with E-state index in [1.54, 1.807) is 0 Å². The Balaban J connectivity index is 2.47. The van der Waals surface area contributed by atoms with Gasteiger partial charge in [0.15, 0.2) is 5.69 Å². The summed E-state index contributed by atoms with van der Waals surface area (Å²) in [5.74, 6) is 0. The third-order valence-corrected chi connectivity index (χ3v) is 3.39. The Labute approximate surface area is 108 Å². The van der Waals surface area contributed by atoms with Crippen molar-refractivity contribution in [2.24, 2.45) is 0 Å². The Morgan fingerprint density at radius 3 is 2.68 bits per heavy atom. The number of hydrogen-bond acceptors (Lipinski definition) is 2. The van der Waals surface area contributed by atoms with Crippen molar-refractivity contribution in [1.29, 1.82) is 0 Å². The second-order valence-corrected chi connectivity index (χ2v) is 4.78. The third-order valence-electron chi connectivity index (χ3n) is 3.39. The number of aromatic nitrogens is 2. The molecule has 0 radical (unpaired) electrons. The molecule has 3 nitrogen and oxygen atoms in total. The minimum atomic E-state index is -4.67. The van der Waals surface area contributed by atoms with Gasteiger partial charge in [-0.2, -0.15) is 18.3 Å². The lowest BCUT2D eigenvalue weighted by atomic mass is 9.91. The lowest BCUT2D eigenvalue weighted by molar-refractivity contribution is -0.143. The number of rotatable bonds is 3. The highest BCUT2D eigenvalue weighted by molar-refractivity contribution is 5.34. The third kappa shape index (κ3) is 2.61. The van der Waals surface area contributed by atoms with Gasteiger partial charge in [-0.25, -0.2) is 4.39 Å². The summed E-state index contributed by atoms with van der Waals surface area (Å²) in [4.78, 5) is 0. The van der Waals surface area contributed by atoms with Crippen molar-refractivity contribution >= 4 is 0 Å². The zero-order valence-corrected chi connectivity index (χ0v) is 10.5. The molecule has 2 rings (SSSR count). The highest BCUT2D eigenvalue weighted by Gasteiger charge is 2.44. The van der Waals surface area contributed by atoms with Crippen LogP contribution in [0.3, 0.4) is 0 Å². The number of nitrogens with zero attached hydrogens (tertiary/aromatic N) is 2. The maximum Gasteiger partial charge on any atom is 0.435 e. The van der Waals surface area contributed by atoms with E-state index in [-0.39, 0.29) is 18.4 Å². The summed E-state index contributed by atoms with van der Waals surface area (Å²) < 4.78 is 53.4. The van der Waals surface area contributed by atoms with Gasteiger partial charge in [0.1, 0.15) is 12.3 Å². The van der Waals surface area contributed by atoms with Crippen LogP contribution < -0.4 is 0 Å². The zero-order chi connectivity index (χ0) is 14.2. The van der Waals surface area contributed by atoms with Crippen molar-refractivity contribution in [3.63, 3.8) is 0 Å². The second-order valence-electron chi connectivity index (χ2n) is 4.78. The summed E-state index contributed by atoms with van der Waals surface area (Å²) in [5.41, 5.74) is -1.20. The Morgan fingerprint density at radius 1 is 1.42 bits per heavy atom. The Bertz CT molecular complexity index is 455. The highest BCUT2D eigenvalue weighted by atomic mass is 19.4. The maximum atomic E-state index is 13.4. The fraction of sp³-hybridized carbons (Fsp3) is 0.750. The summed E-state index contributed by atoms with van der Waals surface area (Å²) in [7, 11) is 0. The predicted octanol–water partition coefficient (Wildman–Crippen LogP) is 3.02. The Kier molecular flexibility index (Phi) is 3.85. The van der Waals surface area contributed by atoms with Crippen molar-refractivity contribution in [2.45, 2.75) is 57.6 Å². The van der Waals surface area contributed by atoms with Crippen LogP contribution in [0.25, 0.3) is 0 Å². The topological polar surface area (TPSA) is 38.0 Å². The summed E-state index contributed by atoms with van der Waals surface area (Å²) >= 11 is 0. The molecule has 0 aromatic carbocycles. The lowest BCUT2D eigenvalue weighted by Crippen LogP contribution is -2.24. The molecular formula is C12H16F4N2O. The molecule has 1 aromatic rings. The number of hydrogen-bond donors (Lipinski definition) is 1. The van der Waals surface area contributed by atoms with Gasteiger partial charge in [0, 0.05) is 17.8 Å². The van der Waals surface area contributed by atoms with E-state index >= 15 is 0 Å². The summed E-state index contributed by atoms with van der Waals surface area (Å²) in [6, 6.07) is 0. The smallest absolute Gasteiger partial charge is 0.385 e. The van der Waals surface area contributed by atoms with Gasteiger partial charge in [-0.1, -0.05) is 13.3 Å². The van der Waals surface area contributed by atoms with Gasteiger partial charge < -0.3 is 5.11 Å². The van der Waals surface area contributed by atoms with E-state index in [2.05, 4.69) is 5.10 Å². The molecule has 108 valence electrons. The molecule has 0 unspecified atom stereocenters. The van der Waals surface area contributed by atoms with E-state index in [0.29, 0.717) is 18.7 Å². The Hall–Kier alpha value is -1.11. The van der Waals surface area contributed by atoms with Crippen LogP contribution in [0.4, 0.5) is 17.6 Å². The quantitative estimate of drug-likeness (QED) is 0.864. The standard InChI is InChI=1S/C12H16F4N2O/c1-2-3-6-18-8-5-4-7(13)10(19)9(8)11(17-18)12(14,15)16/h7,10,19H,2-6H2,1H3/t7-,10-/m1/s1. The number of halogens is 4. The van der Waals surface area contributed by atoms with Crippen LogP contribution >= 0.6 is 0 Å². The van der Waals surface area contributed by atoms with Gasteiger partial charge in [-0.05, 0) is 19.3 Å². The van der Waals surface area contributed by atoms with Crippen molar-refractivity contribution < 1.29 is 22.7 Å². The zero-order valence-electron chi connectivity index (χ0n) is 10.5. The number of aliphatic hydroxyl groups is 1. The first-order chi connectivity index (χ1) is 8.86. The molecule has 1 N–H and O–H groups in total. The molecule has 0 saturated heterocycles. The summed E-state index contributed by atoms with van der Waals surface area (Å²) in [6.45, 7) is 2.28. The largest absolute Gasteiger partial charge is 0.435 e. The second kappa shape index (κ2) is 5.11. The first kappa shape index (κ1) is 14.3. The molecule has 1 aliphatic rings. The monoisotopic (exact) mass is 280 g/mol. The van der Waals surface area contributed by atoms with E-state index in [9.17, 15) is 22.7 Å². The molecule has 19 heavy (non-hydrogen) atoms. The van der Waals surface area contributed by atoms with Gasteiger partial charge in [0.05, 0.1) is 0 Å². The highest BCUT2D eigenvalue weighted by Crippen LogP contribution is 2.41. The van der Waals surface area contributed by atoms with Crippen molar-refractivity contribution in [3.8, 4) is 0 Å². The number of fused-ring (bicyclic) bond motifs is 1. The minimum Gasteiger partial charge on any atom is -0.385 e. The van der Waals surface area contributed by atoms with Crippen LogP contribution in [0.5, 0.6) is 0 Å². The molecule has 1 aromatic heterocycles. The fourth-order valence-corrected chi connectivity index (χ4v) is 2.40. The predicted molar refractivity (Wildman–Crippen MR) is 60.3 cm³/mol. The molecule has 0 aliphatic heterocycles. The van der Waals surface area contributed by atoms with E-state index < -0.39 is 24.1 Å². The normalized spacial score (nSPS) is 23.5. The van der Waals surface area contributed by atoms with Crippen LogP contribution in [0.15, 0.2) is 0 Å². The SMILES string of the molecule is CCCCn1nc(C(F)(F)F)c2c1CC[C@@H](F)[C@H]2O. The van der Waals surface area contributed by atoms with Crippen molar-refractivity contribution in [2.75, 3.05) is 0 Å². The molecule has 7 heteroatoms. The molecule has 0 bridgehead atoms. The Morgan fingerprint density at radius 2 is 2.11 bits per heavy atom. The molecule has 1 heterocycles. The number of aryl methyl sites for hydroxylation is 1. The van der Waals surface area contributed by atoms with E-state index in [4.69, 9.17) is 0 Å². The molecular weight excluding hydrogens is 264 g/mol. The summed E-state index contributed by atoms with van der Waals surface area (Å²) in [6.07, 6.45) is -6.32. The van der Waals surface area contributed by atoms with Crippen LogP contribution in [-0.2, 0) is 19.1 Å². The van der Waals surface area contributed by atoms with Crippen LogP contribution in [0, 0.1) is 0 Å². The van der Waals surface area contributed by atoms with E-state index in [1.807, 2.05) is 6.92 Å². The van der Waals surface area contributed by atoms with Gasteiger partial charge in [0.25, 0.3) is 0 Å². The molecule has 0 amide bonds. The van der Waals surface area contributed by atoms with E-state index in [1.165, 1.54) is 4.68 Å². The number of unbranched alkanes of at least 4 members (excludes halogenated alkanes) is 1. The lowest BCUT2D eigenvalue weighted by Gasteiger charge is -2.23. The maximum absolute atomic E-state index is 13.4. The fourth-order valence-electron chi connectivity index (χ4n) is 2.40. The molecule has 0 saturated carbocycles. The first-order valence-corrected chi connectivity index (χ1v) is 6.35. The van der Waals surface area contributed by atoms with E-state index in [0.717, 1.165) is 6.42 Å². The van der Waals surface area contributed by atoms with Gasteiger partial charge in [-0.3, -0.25) is 4.68 Å². The van der Waals surface area contributed by atoms with Gasteiger partial charge >= 0.3 is 6.18 Å². The molecule has 1 aliphatic carbocycles. The number of alkyl halides is 4. The summed E-state index contributed by atoms with van der Waals surface area (Å²) in [5, 5.41) is 13.2.